The van der Waals surface area contributed by atoms with Crippen LogP contribution in [0.1, 0.15) is 91.6 Å². The van der Waals surface area contributed by atoms with Crippen LogP contribution in [-0.4, -0.2) is 36.4 Å². The number of carbonyl (C=O) groups is 1. The molecule has 0 amide bonds. The van der Waals surface area contributed by atoms with Crippen molar-refractivity contribution in [1.82, 2.24) is 0 Å². The summed E-state index contributed by atoms with van der Waals surface area (Å²) in [4.78, 5) is 19.2. The number of ketones is 1. The van der Waals surface area contributed by atoms with Crippen molar-refractivity contribution < 1.29 is 131 Å². The molecule has 0 unspecified atom stereocenters. The Morgan fingerprint density at radius 1 is 0.388 bits per heavy atom. The molecule has 0 aliphatic heterocycles. The van der Waals surface area contributed by atoms with Crippen molar-refractivity contribution in [2.75, 3.05) is 0 Å². The number of benzene rings is 5. The summed E-state index contributed by atoms with van der Waals surface area (Å²) in [5.41, 5.74) is -29.1. The van der Waals surface area contributed by atoms with Crippen LogP contribution in [0, 0.1) is 12.3 Å². The van der Waals surface area contributed by atoms with Gasteiger partial charge < -0.3 is 4.79 Å². The number of halogens is 24. The van der Waals surface area contributed by atoms with E-state index in [2.05, 4.69) is 9.98 Å². The molecule has 29 heteroatoms. The maximum atomic E-state index is 14.2. The van der Waals surface area contributed by atoms with Gasteiger partial charge >= 0.3 is 69.8 Å². The molecule has 0 bridgehead atoms. The van der Waals surface area contributed by atoms with E-state index in [1.165, 1.54) is 0 Å². The van der Waals surface area contributed by atoms with Crippen molar-refractivity contribution in [2.45, 2.75) is 103 Å². The smallest absolute Gasteiger partial charge is 0.301 e. The summed E-state index contributed by atoms with van der Waals surface area (Å²) in [6.07, 6.45) is -49.3. The number of carbonyl (C=O) groups excluding carboxylic acids is 1. The Hall–Kier alpha value is -5.97. The molecule has 0 radical (unpaired) electrons. The minimum absolute atomic E-state index is 0. The predicted molar refractivity (Wildman–Crippen MR) is 247 cm³/mol. The van der Waals surface area contributed by atoms with Crippen LogP contribution >= 0.6 is 0 Å². The molecular weight excluding hydrogens is 1230 g/mol. The molecule has 0 saturated heterocycles. The van der Waals surface area contributed by atoms with Gasteiger partial charge in [-0.25, -0.2) is 0 Å². The molecule has 0 aliphatic rings. The number of hydrogen-bond donors (Lipinski definition) is 0. The molecule has 5 aromatic rings. The normalized spacial score (nSPS) is 13.7. The number of aliphatic imine (C=N–C) groups is 2. The Balaban J connectivity index is 0.000000787. The Morgan fingerprint density at radius 3 is 0.750 bits per heavy atom. The van der Waals surface area contributed by atoms with Gasteiger partial charge in [0.05, 0.1) is 44.5 Å². The van der Waals surface area contributed by atoms with Crippen molar-refractivity contribution in [3.63, 3.8) is 0 Å². The molecule has 0 N–H and O–H groups in total. The van der Waals surface area contributed by atoms with Crippen LogP contribution in [0.3, 0.4) is 0 Å². The molecule has 0 spiro atoms. The van der Waals surface area contributed by atoms with E-state index in [1.807, 2.05) is 71.4 Å². The quantitative estimate of drug-likeness (QED) is 0.0595. The van der Waals surface area contributed by atoms with Gasteiger partial charge in [0.1, 0.15) is 11.9 Å². The summed E-state index contributed by atoms with van der Waals surface area (Å²) in [6.45, 7) is 11.7. The fourth-order valence-corrected chi connectivity index (χ4v) is 7.46. The first kappa shape index (κ1) is 70.1. The maximum absolute atomic E-state index is 14.2. The zero-order valence-corrected chi connectivity index (χ0v) is 43.1. The number of rotatable bonds is 10. The van der Waals surface area contributed by atoms with Crippen LogP contribution < -0.4 is 21.9 Å². The first-order chi connectivity index (χ1) is 35.6. The molecule has 5 rings (SSSR count). The number of alkyl halides is 24. The molecule has 1 atom stereocenters. The van der Waals surface area contributed by atoms with Crippen molar-refractivity contribution in [3.05, 3.63) is 160 Å². The van der Waals surface area contributed by atoms with Crippen LogP contribution in [0.15, 0.2) is 113 Å². The summed E-state index contributed by atoms with van der Waals surface area (Å²) in [5, 5.41) is 0. The van der Waals surface area contributed by atoms with Gasteiger partial charge in [-0.1, -0.05) is 61.5 Å². The van der Waals surface area contributed by atoms with E-state index in [0.717, 1.165) is 5.56 Å². The second-order valence-corrected chi connectivity index (χ2v) is 18.0. The zero-order valence-electron chi connectivity index (χ0n) is 41.5. The topological polar surface area (TPSA) is 41.8 Å². The summed E-state index contributed by atoms with van der Waals surface area (Å²) in [6, 6.07) is 1.85. The van der Waals surface area contributed by atoms with Gasteiger partial charge in [-0.15, -0.1) is 12.1 Å². The van der Waals surface area contributed by atoms with Crippen molar-refractivity contribution >= 4 is 46.2 Å². The number of nitrogens with zero attached hydrogens (tertiary/aromatic N) is 2. The van der Waals surface area contributed by atoms with E-state index in [0.29, 0.717) is 12.1 Å². The van der Waals surface area contributed by atoms with E-state index in [9.17, 15) is 110 Å². The van der Waals surface area contributed by atoms with Crippen molar-refractivity contribution in [3.8, 4) is 0 Å². The van der Waals surface area contributed by atoms with E-state index in [4.69, 9.17) is 0 Å². The Labute approximate surface area is 454 Å². The average Bonchev–Trinajstić information content (AvgIpc) is 3.28. The first-order valence-corrected chi connectivity index (χ1v) is 22.4. The van der Waals surface area contributed by atoms with Gasteiger partial charge in [0.2, 0.25) is 0 Å². The molecule has 5 aromatic carbocycles. The Morgan fingerprint density at radius 2 is 0.588 bits per heavy atom. The zero-order chi connectivity index (χ0) is 60.9. The van der Waals surface area contributed by atoms with E-state index in [1.54, 1.807) is 19.4 Å². The molecule has 0 aromatic heterocycles. The first-order valence-electron chi connectivity index (χ1n) is 22.4. The summed E-state index contributed by atoms with van der Waals surface area (Å²) < 4.78 is 341. The van der Waals surface area contributed by atoms with E-state index >= 15 is 0 Å². The third-order valence-corrected chi connectivity index (χ3v) is 11.2. The van der Waals surface area contributed by atoms with Crippen LogP contribution in [-0.2, 0) is 74.6 Å². The predicted octanol–water partition coefficient (Wildman–Crippen LogP) is 15.6. The molecule has 442 valence electrons. The van der Waals surface area contributed by atoms with Gasteiger partial charge in [0, 0.05) is 24.5 Å². The largest absolute Gasteiger partial charge is 2.00 e. The van der Waals surface area contributed by atoms with Gasteiger partial charge in [-0.05, 0) is 64.8 Å². The minimum Gasteiger partial charge on any atom is -0.301 e. The monoisotopic (exact) mass is 1270 g/mol. The number of Topliss-reactive ketones (excluding diaryl/α,β-unsaturated/α-hetero) is 1. The molecular formula is C51H41BF24N2OPd. The molecule has 0 heterocycles. The molecule has 0 aliphatic carbocycles. The van der Waals surface area contributed by atoms with Crippen molar-refractivity contribution in [2.24, 2.45) is 15.9 Å². The molecule has 80 heavy (non-hydrogen) atoms. The SMILES string of the molecule is CC(=O)[C@@H](C)[CH-]c1ccccc1.CC(C)N=CC=NC(C)C.FC(F)(F)c1cc([B-](c2cc(C(F)(F)F)cc(C(F)(F)F)c2)(c2cc(C(F)(F)F)cc(C(F)(F)F)c2)c2cc(C(F)(F)F)cc(C(F)(F)F)c2)cc(C(F)(F)F)c1.[Pd+2]. The van der Waals surface area contributed by atoms with E-state index < -0.39 is 195 Å². The van der Waals surface area contributed by atoms with E-state index in [-0.39, 0.29) is 32.1 Å². The second kappa shape index (κ2) is 25.9. The number of hydrogen-bond acceptors (Lipinski definition) is 3. The minimum atomic E-state index is -6.13. The second-order valence-electron chi connectivity index (χ2n) is 18.0. The van der Waals surface area contributed by atoms with Crippen molar-refractivity contribution in [1.29, 1.82) is 0 Å². The van der Waals surface area contributed by atoms with Crippen LogP contribution in [0.25, 0.3) is 0 Å². The summed E-state index contributed by atoms with van der Waals surface area (Å²) >= 11 is 0. The third-order valence-electron chi connectivity index (χ3n) is 11.2. The van der Waals surface area contributed by atoms with Gasteiger partial charge in [0.15, 0.2) is 0 Å². The van der Waals surface area contributed by atoms with Crippen LogP contribution in [0.5, 0.6) is 0 Å². The van der Waals surface area contributed by atoms with Crippen LogP contribution in [0.2, 0.25) is 0 Å². The van der Waals surface area contributed by atoms with Gasteiger partial charge in [-0.2, -0.15) is 151 Å². The van der Waals surface area contributed by atoms with Gasteiger partial charge in [0.25, 0.3) is 0 Å². The molecule has 3 nitrogen and oxygen atoms in total. The fraction of sp³-hybridized carbons (Fsp3) is 0.333. The molecule has 0 saturated carbocycles. The maximum Gasteiger partial charge on any atom is 2.00 e. The average molecular weight is 1270 g/mol. The van der Waals surface area contributed by atoms with Gasteiger partial charge in [-0.3, -0.25) is 9.98 Å². The summed E-state index contributed by atoms with van der Waals surface area (Å²) in [7, 11) is 0. The third kappa shape index (κ3) is 19.4. The summed E-state index contributed by atoms with van der Waals surface area (Å²) in [5.74, 6) is 0.228. The fourth-order valence-electron chi connectivity index (χ4n) is 7.46. The Kier molecular flexibility index (Phi) is 22.7. The van der Waals surface area contributed by atoms with Crippen LogP contribution in [0.4, 0.5) is 105 Å². The molecule has 0 fully saturated rings. The Bertz CT molecular complexity index is 2470. The standard InChI is InChI=1S/C32H12BF24.C11H13O.C8H16N2.Pd/c34-25(35,36)13-1-14(26(37,38)39)6-21(5-13)33(22-7-15(27(40,41)42)2-16(8-22)28(43,44)45,23-9-17(29(46,47)48)3-18(10-23)30(49,50)51)24-11-19(31(52,53)54)4-20(12-24)32(55,56)57;1-9(10(2)12)8-11-6-4-3-5-7-11;1-7(2)9-5-6-10-8(3)4;/h1-12H;3-9H,1-2H3;5-8H,1-4H3;/q2*-1;;+2/t;9-;;/m.0../s1.